The number of hydrogen-bond acceptors (Lipinski definition) is 5. The van der Waals surface area contributed by atoms with E-state index in [1.807, 2.05) is 0 Å². The molecule has 2 aromatic carbocycles. The fourth-order valence-electron chi connectivity index (χ4n) is 2.91. The van der Waals surface area contributed by atoms with Gasteiger partial charge in [-0.2, -0.15) is 5.21 Å². The minimum atomic E-state index is -4.79. The van der Waals surface area contributed by atoms with E-state index >= 15 is 0 Å². The molecule has 2 aromatic heterocycles. The van der Waals surface area contributed by atoms with Gasteiger partial charge < -0.3 is 9.15 Å². The first kappa shape index (κ1) is 19.5. The summed E-state index contributed by atoms with van der Waals surface area (Å²) in [5.41, 5.74) is 1.93. The Balaban J connectivity index is 1.56. The molecule has 29 heavy (non-hydrogen) atoms. The van der Waals surface area contributed by atoms with Gasteiger partial charge in [0.05, 0.1) is 0 Å². The number of rotatable bonds is 5. The highest BCUT2D eigenvalue weighted by molar-refractivity contribution is 6.32. The molecule has 150 valence electrons. The van der Waals surface area contributed by atoms with Crippen molar-refractivity contribution in [1.29, 1.82) is 0 Å². The summed E-state index contributed by atoms with van der Waals surface area (Å²) >= 11 is 12.3. The fraction of sp³-hybridized carbons (Fsp3) is 0.167. The van der Waals surface area contributed by atoms with Crippen LogP contribution >= 0.6 is 23.2 Å². The van der Waals surface area contributed by atoms with Crippen LogP contribution in [-0.2, 0) is 12.8 Å². The lowest BCUT2D eigenvalue weighted by Gasteiger charge is -2.11. The summed E-state index contributed by atoms with van der Waals surface area (Å²) in [6.07, 6.45) is -3.93. The van der Waals surface area contributed by atoms with Gasteiger partial charge in [0, 0.05) is 15.4 Å². The third-order valence-electron chi connectivity index (χ3n) is 4.10. The Labute approximate surface area is 171 Å². The molecule has 0 amide bonds. The maximum Gasteiger partial charge on any atom is 0.573 e. The van der Waals surface area contributed by atoms with Crippen molar-refractivity contribution in [3.63, 3.8) is 0 Å². The number of H-pyrrole nitrogens is 1. The summed E-state index contributed by atoms with van der Waals surface area (Å²) in [5, 5.41) is 15.0. The smallest absolute Gasteiger partial charge is 0.453 e. The number of nitrogens with one attached hydrogen (secondary N) is 1. The number of aryl methyl sites for hydroxylation is 2. The molecule has 0 fully saturated rings. The molecule has 4 aromatic rings. The second-order valence-electron chi connectivity index (χ2n) is 6.17. The Morgan fingerprint density at radius 3 is 2.59 bits per heavy atom. The lowest BCUT2D eigenvalue weighted by molar-refractivity contribution is -0.274. The van der Waals surface area contributed by atoms with E-state index in [4.69, 9.17) is 27.6 Å². The van der Waals surface area contributed by atoms with Crippen molar-refractivity contribution in [1.82, 2.24) is 20.6 Å². The van der Waals surface area contributed by atoms with Crippen LogP contribution < -0.4 is 4.74 Å². The van der Waals surface area contributed by atoms with Crippen LogP contribution in [0, 0.1) is 0 Å². The molecule has 0 unspecified atom stereocenters. The second kappa shape index (κ2) is 7.57. The first-order valence-corrected chi connectivity index (χ1v) is 9.03. The number of ether oxygens (including phenoxy) is 1. The molecule has 0 aliphatic rings. The van der Waals surface area contributed by atoms with Crippen LogP contribution in [0.3, 0.4) is 0 Å². The highest BCUT2D eigenvalue weighted by Crippen LogP contribution is 2.32. The molecule has 0 aliphatic carbocycles. The monoisotopic (exact) mass is 442 g/mol. The first-order chi connectivity index (χ1) is 13.8. The Bertz CT molecular complexity index is 1160. The van der Waals surface area contributed by atoms with E-state index in [2.05, 4.69) is 25.4 Å². The van der Waals surface area contributed by atoms with Gasteiger partial charge >= 0.3 is 6.36 Å². The Kier molecular flexibility index (Phi) is 5.10. The van der Waals surface area contributed by atoms with Crippen molar-refractivity contribution in [2.24, 2.45) is 0 Å². The van der Waals surface area contributed by atoms with E-state index in [9.17, 15) is 13.2 Å². The molecule has 0 bridgehead atoms. The molecule has 4 rings (SSSR count). The fourth-order valence-corrected chi connectivity index (χ4v) is 3.42. The van der Waals surface area contributed by atoms with Gasteiger partial charge in [-0.25, -0.2) is 0 Å². The summed E-state index contributed by atoms with van der Waals surface area (Å²) in [4.78, 5) is 0. The van der Waals surface area contributed by atoms with Gasteiger partial charge in [-0.3, -0.25) is 0 Å². The van der Waals surface area contributed by atoms with Gasteiger partial charge in [0.25, 0.3) is 0 Å². The first-order valence-electron chi connectivity index (χ1n) is 8.28. The van der Waals surface area contributed by atoms with Crippen molar-refractivity contribution < 1.29 is 22.3 Å². The Hall–Kier alpha value is -2.78. The number of furan rings is 1. The quantitative estimate of drug-likeness (QED) is 0.434. The van der Waals surface area contributed by atoms with E-state index in [1.54, 1.807) is 24.3 Å². The molecule has 0 aliphatic heterocycles. The molecule has 0 spiro atoms. The lowest BCUT2D eigenvalue weighted by atomic mass is 10.0. The molecule has 0 saturated carbocycles. The normalized spacial score (nSPS) is 11.9. The van der Waals surface area contributed by atoms with E-state index in [-0.39, 0.29) is 10.8 Å². The molecule has 0 radical (unpaired) electrons. The summed E-state index contributed by atoms with van der Waals surface area (Å²) in [6.45, 7) is 0. The molecular weight excluding hydrogens is 432 g/mol. The second-order valence-corrected chi connectivity index (χ2v) is 7.01. The zero-order valence-electron chi connectivity index (χ0n) is 14.4. The summed E-state index contributed by atoms with van der Waals surface area (Å²) < 4.78 is 47.1. The minimum absolute atomic E-state index is 0.152. The van der Waals surface area contributed by atoms with Crippen LogP contribution in [0.4, 0.5) is 13.2 Å². The van der Waals surface area contributed by atoms with E-state index in [0.717, 1.165) is 17.0 Å². The third-order valence-corrected chi connectivity index (χ3v) is 4.67. The van der Waals surface area contributed by atoms with Crippen LogP contribution in [-0.4, -0.2) is 27.0 Å². The van der Waals surface area contributed by atoms with Crippen LogP contribution in [0.2, 0.25) is 10.0 Å². The molecule has 2 heterocycles. The number of nitrogens with zero attached hydrogens (tertiary/aromatic N) is 3. The SMILES string of the molecule is FC(F)(F)Oc1cc(Cl)cc(CCc2cc3oc(-c4nn[nH]n4)cc3cc2Cl)c1. The number of halogens is 5. The van der Waals surface area contributed by atoms with Gasteiger partial charge in [0.15, 0.2) is 5.76 Å². The number of benzene rings is 2. The van der Waals surface area contributed by atoms with Gasteiger partial charge in [0.1, 0.15) is 11.3 Å². The minimum Gasteiger partial charge on any atom is -0.453 e. The summed E-state index contributed by atoms with van der Waals surface area (Å²) in [6, 6.07) is 9.26. The lowest BCUT2D eigenvalue weighted by Crippen LogP contribution is -2.17. The molecule has 0 atom stereocenters. The van der Waals surface area contributed by atoms with Crippen LogP contribution in [0.25, 0.3) is 22.6 Å². The van der Waals surface area contributed by atoms with Crippen molar-refractivity contribution in [2.75, 3.05) is 0 Å². The predicted molar refractivity (Wildman–Crippen MR) is 99.9 cm³/mol. The number of fused-ring (bicyclic) bond motifs is 1. The maximum atomic E-state index is 12.5. The molecule has 11 heteroatoms. The van der Waals surface area contributed by atoms with Crippen LogP contribution in [0.5, 0.6) is 5.75 Å². The largest absolute Gasteiger partial charge is 0.573 e. The molecule has 6 nitrogen and oxygen atoms in total. The maximum absolute atomic E-state index is 12.5. The highest BCUT2D eigenvalue weighted by Gasteiger charge is 2.31. The third kappa shape index (κ3) is 4.63. The zero-order chi connectivity index (χ0) is 20.6. The van der Waals surface area contributed by atoms with Crippen molar-refractivity contribution in [2.45, 2.75) is 19.2 Å². The van der Waals surface area contributed by atoms with E-state index < -0.39 is 6.36 Å². The van der Waals surface area contributed by atoms with Crippen molar-refractivity contribution in [3.05, 3.63) is 57.6 Å². The molecular formula is C18H11Cl2F3N4O2. The van der Waals surface area contributed by atoms with Gasteiger partial charge in [-0.1, -0.05) is 23.2 Å². The number of alkyl halides is 3. The zero-order valence-corrected chi connectivity index (χ0v) is 15.9. The van der Waals surface area contributed by atoms with Crippen LogP contribution in [0.15, 0.2) is 40.8 Å². The topological polar surface area (TPSA) is 76.8 Å². The number of hydrogen-bond donors (Lipinski definition) is 1. The summed E-state index contributed by atoms with van der Waals surface area (Å²) in [5.74, 6) is 0.387. The van der Waals surface area contributed by atoms with Crippen LogP contribution in [0.1, 0.15) is 11.1 Å². The molecule has 1 N–H and O–H groups in total. The molecule has 0 saturated heterocycles. The number of aromatic amines is 1. The van der Waals surface area contributed by atoms with Gasteiger partial charge in [0.2, 0.25) is 5.82 Å². The average molecular weight is 443 g/mol. The van der Waals surface area contributed by atoms with E-state index in [0.29, 0.717) is 40.6 Å². The Morgan fingerprint density at radius 2 is 1.86 bits per heavy atom. The Morgan fingerprint density at radius 1 is 1.03 bits per heavy atom. The standard InChI is InChI=1S/C18H11Cl2F3N4O2/c19-12-3-9(4-13(8-12)29-18(21,22)23)1-2-10-6-15-11(5-14(10)20)7-16(28-15)17-24-26-27-25-17/h3-8H,1-2H2,(H,24,25,26,27). The van der Waals surface area contributed by atoms with Crippen molar-refractivity contribution >= 4 is 34.2 Å². The number of tetrazole rings is 1. The van der Waals surface area contributed by atoms with Gasteiger partial charge in [-0.15, -0.1) is 23.4 Å². The van der Waals surface area contributed by atoms with E-state index in [1.165, 1.54) is 6.07 Å². The highest BCUT2D eigenvalue weighted by atomic mass is 35.5. The predicted octanol–water partition coefficient (Wildman–Crippen LogP) is 5.60. The summed E-state index contributed by atoms with van der Waals surface area (Å²) in [7, 11) is 0. The number of aromatic nitrogens is 4. The van der Waals surface area contributed by atoms with Gasteiger partial charge in [-0.05, 0) is 65.6 Å². The average Bonchev–Trinajstić information content (AvgIpc) is 3.26. The van der Waals surface area contributed by atoms with Crippen molar-refractivity contribution in [3.8, 4) is 17.3 Å².